The third-order valence-electron chi connectivity index (χ3n) is 1.59. The second-order valence-electron chi connectivity index (χ2n) is 2.37. The highest BCUT2D eigenvalue weighted by molar-refractivity contribution is 6.30. The fourth-order valence-corrected chi connectivity index (χ4v) is 0.933. The lowest BCUT2D eigenvalue weighted by atomic mass is 9.96. The molecule has 1 aliphatic rings. The van der Waals surface area contributed by atoms with Crippen molar-refractivity contribution in [3.05, 3.63) is 23.3 Å². The van der Waals surface area contributed by atoms with Crippen LogP contribution < -0.4 is 0 Å². The Labute approximate surface area is 68.2 Å². The first-order valence-electron chi connectivity index (χ1n) is 3.25. The summed E-state index contributed by atoms with van der Waals surface area (Å²) in [6, 6.07) is 0. The van der Waals surface area contributed by atoms with E-state index >= 15 is 0 Å². The third-order valence-corrected chi connectivity index (χ3v) is 1.59. The number of carboxylic acids is 1. The minimum atomic E-state index is -1.35. The number of carboxylic acid groups (broad SMARTS) is 1. The maximum atomic E-state index is 10.9. The molecule has 1 aliphatic carbocycles. The molecule has 0 aromatic carbocycles. The van der Waals surface area contributed by atoms with Crippen LogP contribution in [0.15, 0.2) is 23.3 Å². The van der Waals surface area contributed by atoms with Crippen LogP contribution in [0.1, 0.15) is 6.92 Å². The summed E-state index contributed by atoms with van der Waals surface area (Å²) in [5, 5.41) is 8.53. The van der Waals surface area contributed by atoms with E-state index in [2.05, 4.69) is 0 Å². The van der Waals surface area contributed by atoms with Crippen molar-refractivity contribution < 1.29 is 19.5 Å². The van der Waals surface area contributed by atoms with Crippen LogP contribution in [0.3, 0.4) is 0 Å². The topological polar surface area (TPSA) is 71.4 Å². The standard InChI is InChI=1S/C8H6O4/c1-4-5(9)2-3-6(10)7(4)8(11)12/h2-3H,1H3,(H,11,12). The van der Waals surface area contributed by atoms with Gasteiger partial charge in [-0.25, -0.2) is 4.79 Å². The molecule has 4 heteroatoms. The first-order valence-corrected chi connectivity index (χ1v) is 3.25. The first kappa shape index (κ1) is 8.39. The molecule has 0 fully saturated rings. The molecule has 0 atom stereocenters. The van der Waals surface area contributed by atoms with Gasteiger partial charge >= 0.3 is 5.97 Å². The Morgan fingerprint density at radius 2 is 1.75 bits per heavy atom. The van der Waals surface area contributed by atoms with Gasteiger partial charge in [0.2, 0.25) is 0 Å². The van der Waals surface area contributed by atoms with Gasteiger partial charge in [0.15, 0.2) is 11.6 Å². The largest absolute Gasteiger partial charge is 0.478 e. The van der Waals surface area contributed by atoms with E-state index < -0.39 is 23.1 Å². The average molecular weight is 166 g/mol. The highest BCUT2D eigenvalue weighted by atomic mass is 16.4. The van der Waals surface area contributed by atoms with Gasteiger partial charge in [-0.2, -0.15) is 0 Å². The Morgan fingerprint density at radius 1 is 1.25 bits per heavy atom. The van der Waals surface area contributed by atoms with Crippen LogP contribution >= 0.6 is 0 Å². The number of carbonyl (C=O) groups is 3. The zero-order valence-corrected chi connectivity index (χ0v) is 6.33. The Hall–Kier alpha value is -1.71. The fraction of sp³-hybridized carbons (Fsp3) is 0.125. The molecule has 0 aromatic heterocycles. The minimum Gasteiger partial charge on any atom is -0.478 e. The highest BCUT2D eigenvalue weighted by Crippen LogP contribution is 2.13. The third kappa shape index (κ3) is 1.18. The lowest BCUT2D eigenvalue weighted by Crippen LogP contribution is -2.19. The van der Waals surface area contributed by atoms with Crippen LogP contribution in [0.25, 0.3) is 0 Å². The number of hydrogen-bond donors (Lipinski definition) is 1. The molecule has 0 amide bonds. The van der Waals surface area contributed by atoms with E-state index in [1.54, 1.807) is 0 Å². The molecule has 0 unspecified atom stereocenters. The molecule has 0 aliphatic heterocycles. The molecule has 1 rings (SSSR count). The number of ketones is 2. The summed E-state index contributed by atoms with van der Waals surface area (Å²) in [6.45, 7) is 1.33. The van der Waals surface area contributed by atoms with E-state index in [4.69, 9.17) is 5.11 Å². The van der Waals surface area contributed by atoms with E-state index in [0.717, 1.165) is 12.2 Å². The molecule has 0 saturated carbocycles. The Bertz CT molecular complexity index is 333. The van der Waals surface area contributed by atoms with Gasteiger partial charge in [0, 0.05) is 5.57 Å². The molecule has 0 heterocycles. The number of rotatable bonds is 1. The first-order chi connectivity index (χ1) is 5.54. The molecule has 0 radical (unpaired) electrons. The maximum Gasteiger partial charge on any atom is 0.340 e. The van der Waals surface area contributed by atoms with Crippen LogP contribution in [0, 0.1) is 0 Å². The zero-order chi connectivity index (χ0) is 9.30. The van der Waals surface area contributed by atoms with Crippen molar-refractivity contribution in [2.45, 2.75) is 6.92 Å². The predicted octanol–water partition coefficient (Wildman–Crippen LogP) is 0.0955. The molecule has 62 valence electrons. The van der Waals surface area contributed by atoms with Crippen molar-refractivity contribution in [3.8, 4) is 0 Å². The number of aliphatic carboxylic acids is 1. The van der Waals surface area contributed by atoms with E-state index in [1.807, 2.05) is 0 Å². The SMILES string of the molecule is CC1=C(C(=O)O)C(=O)C=CC1=O. The van der Waals surface area contributed by atoms with Crippen molar-refractivity contribution >= 4 is 17.5 Å². The van der Waals surface area contributed by atoms with Crippen LogP contribution in [0.5, 0.6) is 0 Å². The maximum absolute atomic E-state index is 10.9. The van der Waals surface area contributed by atoms with Crippen molar-refractivity contribution in [1.82, 2.24) is 0 Å². The Balaban J connectivity index is 3.24. The minimum absolute atomic E-state index is 0.00463. The molecule has 12 heavy (non-hydrogen) atoms. The highest BCUT2D eigenvalue weighted by Gasteiger charge is 2.24. The summed E-state index contributed by atoms with van der Waals surface area (Å²) < 4.78 is 0. The monoisotopic (exact) mass is 166 g/mol. The summed E-state index contributed by atoms with van der Waals surface area (Å²) in [4.78, 5) is 32.3. The molecule has 0 bridgehead atoms. The molecule has 1 N–H and O–H groups in total. The Kier molecular flexibility index (Phi) is 1.91. The van der Waals surface area contributed by atoms with Gasteiger partial charge in [-0.15, -0.1) is 0 Å². The van der Waals surface area contributed by atoms with Crippen LogP contribution in [0.2, 0.25) is 0 Å². The van der Waals surface area contributed by atoms with Gasteiger partial charge in [-0.05, 0) is 19.1 Å². The van der Waals surface area contributed by atoms with Gasteiger partial charge in [0.25, 0.3) is 0 Å². The lowest BCUT2D eigenvalue weighted by molar-refractivity contribution is -0.134. The summed E-state index contributed by atoms with van der Waals surface area (Å²) in [7, 11) is 0. The molecule has 0 spiro atoms. The summed E-state index contributed by atoms with van der Waals surface area (Å²) in [5.41, 5.74) is -0.433. The lowest BCUT2D eigenvalue weighted by Gasteiger charge is -2.05. The second-order valence-corrected chi connectivity index (χ2v) is 2.37. The fourth-order valence-electron chi connectivity index (χ4n) is 0.933. The van der Waals surface area contributed by atoms with Crippen molar-refractivity contribution in [1.29, 1.82) is 0 Å². The van der Waals surface area contributed by atoms with E-state index in [-0.39, 0.29) is 5.57 Å². The van der Waals surface area contributed by atoms with Gasteiger partial charge in [-0.1, -0.05) is 0 Å². The molecule has 0 aromatic rings. The second kappa shape index (κ2) is 2.73. The van der Waals surface area contributed by atoms with Crippen molar-refractivity contribution in [2.24, 2.45) is 0 Å². The van der Waals surface area contributed by atoms with Crippen LogP contribution in [-0.2, 0) is 14.4 Å². The summed E-state index contributed by atoms with van der Waals surface area (Å²) in [6.07, 6.45) is 2.04. The van der Waals surface area contributed by atoms with Crippen molar-refractivity contribution in [3.63, 3.8) is 0 Å². The van der Waals surface area contributed by atoms with Gasteiger partial charge in [-0.3, -0.25) is 9.59 Å². The van der Waals surface area contributed by atoms with Gasteiger partial charge in [0.1, 0.15) is 5.57 Å². The number of allylic oxidation sites excluding steroid dienone is 3. The molecular formula is C8H6O4. The van der Waals surface area contributed by atoms with E-state index in [9.17, 15) is 14.4 Å². The van der Waals surface area contributed by atoms with Gasteiger partial charge < -0.3 is 5.11 Å². The van der Waals surface area contributed by atoms with Crippen LogP contribution in [0.4, 0.5) is 0 Å². The van der Waals surface area contributed by atoms with E-state index in [1.165, 1.54) is 6.92 Å². The number of hydrogen-bond acceptors (Lipinski definition) is 3. The molecule has 0 saturated heterocycles. The van der Waals surface area contributed by atoms with Crippen LogP contribution in [-0.4, -0.2) is 22.6 Å². The average Bonchev–Trinajstić information content (AvgIpc) is 1.97. The van der Waals surface area contributed by atoms with Crippen molar-refractivity contribution in [2.75, 3.05) is 0 Å². The smallest absolute Gasteiger partial charge is 0.340 e. The normalized spacial score (nSPS) is 17.1. The number of carbonyl (C=O) groups excluding carboxylic acids is 2. The summed E-state index contributed by atoms with van der Waals surface area (Å²) in [5.74, 6) is -2.40. The van der Waals surface area contributed by atoms with E-state index in [0.29, 0.717) is 0 Å². The van der Waals surface area contributed by atoms with Gasteiger partial charge in [0.05, 0.1) is 0 Å². The summed E-state index contributed by atoms with van der Waals surface area (Å²) >= 11 is 0. The zero-order valence-electron chi connectivity index (χ0n) is 6.33. The molecular weight excluding hydrogens is 160 g/mol. The Morgan fingerprint density at radius 3 is 2.17 bits per heavy atom. The quantitative estimate of drug-likeness (QED) is 0.442. The molecule has 4 nitrogen and oxygen atoms in total. The predicted molar refractivity (Wildman–Crippen MR) is 39.5 cm³/mol.